The molecule has 0 amide bonds. The van der Waals surface area contributed by atoms with E-state index in [0.717, 1.165) is 30.9 Å². The summed E-state index contributed by atoms with van der Waals surface area (Å²) >= 11 is 7.33. The predicted molar refractivity (Wildman–Crippen MR) is 91.7 cm³/mol. The molecule has 1 aromatic carbocycles. The highest BCUT2D eigenvalue weighted by Gasteiger charge is 2.23. The summed E-state index contributed by atoms with van der Waals surface area (Å²) in [7, 11) is 0. The van der Waals surface area contributed by atoms with Crippen LogP contribution in [-0.4, -0.2) is 35.3 Å². The molecule has 0 N–H and O–H groups in total. The summed E-state index contributed by atoms with van der Waals surface area (Å²) in [5.41, 5.74) is 1.84. The van der Waals surface area contributed by atoms with Crippen LogP contribution in [-0.2, 0) is 0 Å². The number of Topliss-reactive ketones (excluding diaryl/α,β-unsaturated/α-hetero) is 1. The Bertz CT molecular complexity index is 647. The number of aromatic nitrogens is 1. The Morgan fingerprint density at radius 3 is 2.68 bits per heavy atom. The minimum Gasteiger partial charge on any atom is -0.303 e. The molecular formula is C17H19ClN2OS. The zero-order valence-corrected chi connectivity index (χ0v) is 14.2. The Morgan fingerprint density at radius 1 is 1.32 bits per heavy atom. The molecule has 1 unspecified atom stereocenters. The van der Waals surface area contributed by atoms with Crippen LogP contribution in [0.25, 0.3) is 11.3 Å². The Kier molecular flexibility index (Phi) is 4.91. The molecule has 5 heteroatoms. The molecule has 0 bridgehead atoms. The molecule has 1 fully saturated rings. The zero-order chi connectivity index (χ0) is 15.5. The highest BCUT2D eigenvalue weighted by Crippen LogP contribution is 2.25. The molecule has 1 aliphatic rings. The Balaban J connectivity index is 1.69. The van der Waals surface area contributed by atoms with E-state index in [-0.39, 0.29) is 11.7 Å². The van der Waals surface area contributed by atoms with Crippen molar-refractivity contribution in [2.75, 3.05) is 19.6 Å². The summed E-state index contributed by atoms with van der Waals surface area (Å²) in [6.45, 7) is 5.08. The van der Waals surface area contributed by atoms with Crippen molar-refractivity contribution in [1.82, 2.24) is 9.88 Å². The minimum atomic E-state index is 0.00215. The molecular weight excluding hydrogens is 316 g/mol. The SMILES string of the molecule is CC(CN1CCCC1)C(=O)c1nc(-c2ccc(Cl)cc2)cs1. The summed E-state index contributed by atoms with van der Waals surface area (Å²) in [5.74, 6) is 0.152. The smallest absolute Gasteiger partial charge is 0.195 e. The van der Waals surface area contributed by atoms with Crippen LogP contribution in [0.4, 0.5) is 0 Å². The van der Waals surface area contributed by atoms with Gasteiger partial charge in [0.2, 0.25) is 0 Å². The number of benzene rings is 1. The van der Waals surface area contributed by atoms with Crippen LogP contribution in [0.1, 0.15) is 29.6 Å². The van der Waals surface area contributed by atoms with Crippen LogP contribution in [0.2, 0.25) is 5.02 Å². The van der Waals surface area contributed by atoms with Gasteiger partial charge < -0.3 is 4.90 Å². The molecule has 22 heavy (non-hydrogen) atoms. The van der Waals surface area contributed by atoms with Gasteiger partial charge in [-0.15, -0.1) is 11.3 Å². The van der Waals surface area contributed by atoms with E-state index < -0.39 is 0 Å². The van der Waals surface area contributed by atoms with Crippen molar-refractivity contribution < 1.29 is 4.79 Å². The van der Waals surface area contributed by atoms with Crippen LogP contribution >= 0.6 is 22.9 Å². The fourth-order valence-electron chi connectivity index (χ4n) is 2.79. The fourth-order valence-corrected chi connectivity index (χ4v) is 3.79. The summed E-state index contributed by atoms with van der Waals surface area (Å²) in [6, 6.07) is 7.54. The predicted octanol–water partition coefficient (Wildman–Crippen LogP) is 4.38. The first-order valence-electron chi connectivity index (χ1n) is 7.61. The van der Waals surface area contributed by atoms with Crippen molar-refractivity contribution in [3.8, 4) is 11.3 Å². The number of hydrogen-bond acceptors (Lipinski definition) is 4. The lowest BCUT2D eigenvalue weighted by molar-refractivity contribution is 0.0902. The number of rotatable bonds is 5. The van der Waals surface area contributed by atoms with Gasteiger partial charge in [-0.3, -0.25) is 4.79 Å². The largest absolute Gasteiger partial charge is 0.303 e. The van der Waals surface area contributed by atoms with Crippen LogP contribution in [0, 0.1) is 5.92 Å². The summed E-state index contributed by atoms with van der Waals surface area (Å²) in [5, 5.41) is 3.25. The van der Waals surface area contributed by atoms with Gasteiger partial charge in [-0.25, -0.2) is 4.98 Å². The highest BCUT2D eigenvalue weighted by atomic mass is 35.5. The second-order valence-electron chi connectivity index (χ2n) is 5.82. The van der Waals surface area contributed by atoms with Gasteiger partial charge in [-0.2, -0.15) is 0 Å². The number of likely N-dealkylation sites (tertiary alicyclic amines) is 1. The van der Waals surface area contributed by atoms with Crippen LogP contribution in [0.15, 0.2) is 29.6 Å². The molecule has 1 atom stereocenters. The number of halogens is 1. The fraction of sp³-hybridized carbons (Fsp3) is 0.412. The van der Waals surface area contributed by atoms with Crippen molar-refractivity contribution in [3.05, 3.63) is 39.7 Å². The maximum Gasteiger partial charge on any atom is 0.195 e. The Morgan fingerprint density at radius 2 is 2.00 bits per heavy atom. The minimum absolute atomic E-state index is 0.00215. The van der Waals surface area contributed by atoms with Gasteiger partial charge in [0.05, 0.1) is 5.69 Å². The molecule has 1 aliphatic heterocycles. The van der Waals surface area contributed by atoms with Crippen molar-refractivity contribution in [3.63, 3.8) is 0 Å². The topological polar surface area (TPSA) is 33.2 Å². The molecule has 2 aromatic rings. The number of thiazole rings is 1. The molecule has 0 saturated carbocycles. The van der Waals surface area contributed by atoms with Gasteiger partial charge in [0.15, 0.2) is 10.8 Å². The third kappa shape index (κ3) is 3.57. The van der Waals surface area contributed by atoms with Gasteiger partial charge in [0.25, 0.3) is 0 Å². The molecule has 116 valence electrons. The lowest BCUT2D eigenvalue weighted by Gasteiger charge is -2.18. The number of nitrogens with zero attached hydrogens (tertiary/aromatic N) is 2. The van der Waals surface area contributed by atoms with E-state index in [2.05, 4.69) is 9.88 Å². The van der Waals surface area contributed by atoms with Gasteiger partial charge >= 0.3 is 0 Å². The molecule has 1 saturated heterocycles. The van der Waals surface area contributed by atoms with E-state index >= 15 is 0 Å². The van der Waals surface area contributed by atoms with E-state index in [1.54, 1.807) is 0 Å². The second kappa shape index (κ2) is 6.90. The molecule has 2 heterocycles. The number of hydrogen-bond donors (Lipinski definition) is 0. The highest BCUT2D eigenvalue weighted by molar-refractivity contribution is 7.12. The van der Waals surface area contributed by atoms with E-state index in [0.29, 0.717) is 10.0 Å². The van der Waals surface area contributed by atoms with E-state index in [1.807, 2.05) is 36.6 Å². The normalized spacial score (nSPS) is 16.8. The van der Waals surface area contributed by atoms with Gasteiger partial charge in [-0.1, -0.05) is 30.7 Å². The maximum absolute atomic E-state index is 12.5. The average molecular weight is 335 g/mol. The number of carbonyl (C=O) groups excluding carboxylic acids is 1. The molecule has 0 radical (unpaired) electrons. The lowest BCUT2D eigenvalue weighted by Crippen LogP contribution is -2.29. The average Bonchev–Trinajstić information content (AvgIpc) is 3.18. The molecule has 0 aliphatic carbocycles. The Labute approximate surface area is 139 Å². The van der Waals surface area contributed by atoms with Crippen LogP contribution in [0.5, 0.6) is 0 Å². The third-order valence-corrected chi connectivity index (χ3v) is 5.14. The Hall–Kier alpha value is -1.23. The quantitative estimate of drug-likeness (QED) is 0.761. The third-order valence-electron chi connectivity index (χ3n) is 4.03. The monoisotopic (exact) mass is 334 g/mol. The van der Waals surface area contributed by atoms with Crippen molar-refractivity contribution >= 4 is 28.7 Å². The van der Waals surface area contributed by atoms with Crippen molar-refractivity contribution in [1.29, 1.82) is 0 Å². The first-order valence-corrected chi connectivity index (χ1v) is 8.87. The lowest BCUT2D eigenvalue weighted by atomic mass is 10.1. The summed E-state index contributed by atoms with van der Waals surface area (Å²) < 4.78 is 0. The standard InChI is InChI=1S/C17H19ClN2OS/c1-12(10-20-8-2-3-9-20)16(21)17-19-15(11-22-17)13-4-6-14(18)7-5-13/h4-7,11-12H,2-3,8-10H2,1H3. The number of carbonyl (C=O) groups is 1. The summed E-state index contributed by atoms with van der Waals surface area (Å²) in [6.07, 6.45) is 2.50. The molecule has 3 nitrogen and oxygen atoms in total. The van der Waals surface area contributed by atoms with E-state index in [4.69, 9.17) is 11.6 Å². The van der Waals surface area contributed by atoms with Crippen molar-refractivity contribution in [2.45, 2.75) is 19.8 Å². The second-order valence-corrected chi connectivity index (χ2v) is 7.11. The van der Waals surface area contributed by atoms with Gasteiger partial charge in [0.1, 0.15) is 0 Å². The van der Waals surface area contributed by atoms with E-state index in [9.17, 15) is 4.79 Å². The van der Waals surface area contributed by atoms with Crippen molar-refractivity contribution in [2.24, 2.45) is 5.92 Å². The number of ketones is 1. The van der Waals surface area contributed by atoms with Crippen LogP contribution < -0.4 is 0 Å². The van der Waals surface area contributed by atoms with Gasteiger partial charge in [0, 0.05) is 28.4 Å². The first-order chi connectivity index (χ1) is 10.6. The maximum atomic E-state index is 12.5. The summed E-state index contributed by atoms with van der Waals surface area (Å²) in [4.78, 5) is 19.4. The molecule has 0 spiro atoms. The molecule has 3 rings (SSSR count). The van der Waals surface area contributed by atoms with E-state index in [1.165, 1.54) is 24.2 Å². The van der Waals surface area contributed by atoms with Gasteiger partial charge in [-0.05, 0) is 38.1 Å². The first kappa shape index (κ1) is 15.7. The zero-order valence-electron chi connectivity index (χ0n) is 12.6. The van der Waals surface area contributed by atoms with Crippen LogP contribution in [0.3, 0.4) is 0 Å². The molecule has 1 aromatic heterocycles.